The van der Waals surface area contributed by atoms with Gasteiger partial charge >= 0.3 is 11.1 Å². The van der Waals surface area contributed by atoms with E-state index in [-0.39, 0.29) is 0 Å². The fraction of sp³-hybridized carbons (Fsp3) is 0.692. The number of aromatic nitrogens is 2. The molecule has 18 heavy (non-hydrogen) atoms. The van der Waals surface area contributed by atoms with Gasteiger partial charge < -0.3 is 14.5 Å². The molecule has 0 bridgehead atoms. The Morgan fingerprint density at radius 1 is 1.11 bits per heavy atom. The molecule has 0 unspecified atom stereocenters. The van der Waals surface area contributed by atoms with Crippen molar-refractivity contribution in [1.29, 1.82) is 0 Å². The summed E-state index contributed by atoms with van der Waals surface area (Å²) < 4.78 is 2.75. The quantitative estimate of drug-likeness (QED) is 0.616. The molecule has 0 aliphatic rings. The van der Waals surface area contributed by atoms with Crippen LogP contribution in [0.4, 0.5) is 0 Å². The summed E-state index contributed by atoms with van der Waals surface area (Å²) in [6, 6.07) is 0. The van der Waals surface area contributed by atoms with E-state index < -0.39 is 11.1 Å². The highest BCUT2D eigenvalue weighted by Gasteiger charge is 2.08. The lowest BCUT2D eigenvalue weighted by atomic mass is 9.92. The first-order valence-electron chi connectivity index (χ1n) is 6.28. The van der Waals surface area contributed by atoms with Crippen molar-refractivity contribution in [3.8, 4) is 0 Å². The molecular weight excluding hydrogens is 230 g/mol. The van der Waals surface area contributed by atoms with Crippen LogP contribution in [0.3, 0.4) is 0 Å². The lowest BCUT2D eigenvalue weighted by Gasteiger charge is -2.18. The lowest BCUT2D eigenvalue weighted by Crippen LogP contribution is -2.41. The molecule has 1 aromatic rings. The molecule has 1 N–H and O–H groups in total. The number of rotatable bonds is 5. The molecule has 0 aliphatic carbocycles. The van der Waals surface area contributed by atoms with Crippen molar-refractivity contribution in [2.75, 3.05) is 13.1 Å². The first-order valence-corrected chi connectivity index (χ1v) is 6.28. The Bertz CT molecular complexity index is 494. The Balaban J connectivity index is 2.44. The molecule has 1 aromatic heterocycles. The van der Waals surface area contributed by atoms with Crippen LogP contribution in [-0.4, -0.2) is 22.2 Å². The highest BCUT2D eigenvalue weighted by molar-refractivity contribution is 4.84. The van der Waals surface area contributed by atoms with Gasteiger partial charge in [-0.25, -0.2) is 0 Å². The van der Waals surface area contributed by atoms with Crippen LogP contribution in [0.15, 0.2) is 22.0 Å². The number of nitrogens with one attached hydrogen (secondary N) is 1. The van der Waals surface area contributed by atoms with Gasteiger partial charge in [0.25, 0.3) is 0 Å². The summed E-state index contributed by atoms with van der Waals surface area (Å²) in [5.74, 6) is 0. The van der Waals surface area contributed by atoms with E-state index in [1.165, 1.54) is 9.13 Å². The van der Waals surface area contributed by atoms with Crippen LogP contribution in [0.1, 0.15) is 27.2 Å². The topological polar surface area (TPSA) is 56.0 Å². The summed E-state index contributed by atoms with van der Waals surface area (Å²) >= 11 is 0. The van der Waals surface area contributed by atoms with E-state index in [4.69, 9.17) is 0 Å². The molecule has 0 aliphatic heterocycles. The Morgan fingerprint density at radius 2 is 1.78 bits per heavy atom. The van der Waals surface area contributed by atoms with Crippen LogP contribution >= 0.6 is 0 Å². The number of hydrogen-bond donors (Lipinski definition) is 1. The Morgan fingerprint density at radius 3 is 2.39 bits per heavy atom. The molecule has 5 nitrogen and oxygen atoms in total. The number of aryl methyl sites for hydroxylation is 1. The standard InChI is InChI=1S/C13H23N3O2/c1-13(2,3)5-6-14-7-8-16-10-9-15(4)11(17)12(16)18/h9-10,14H,5-8H2,1-4H3. The van der Waals surface area contributed by atoms with Gasteiger partial charge in [-0.05, 0) is 18.4 Å². The van der Waals surface area contributed by atoms with Crippen molar-refractivity contribution in [2.45, 2.75) is 33.7 Å². The molecule has 0 saturated heterocycles. The van der Waals surface area contributed by atoms with E-state index in [0.717, 1.165) is 13.0 Å². The van der Waals surface area contributed by atoms with Crippen LogP contribution in [0.5, 0.6) is 0 Å². The minimum Gasteiger partial charge on any atom is -0.315 e. The maximum absolute atomic E-state index is 11.6. The summed E-state index contributed by atoms with van der Waals surface area (Å²) in [5, 5.41) is 3.28. The van der Waals surface area contributed by atoms with Crippen LogP contribution in [-0.2, 0) is 13.6 Å². The SMILES string of the molecule is Cn1ccn(CCNCCC(C)(C)C)c(=O)c1=O. The zero-order chi connectivity index (χ0) is 13.8. The van der Waals surface area contributed by atoms with Gasteiger partial charge in [0.2, 0.25) is 0 Å². The molecule has 1 rings (SSSR count). The molecule has 0 amide bonds. The average molecular weight is 253 g/mol. The average Bonchev–Trinajstić information content (AvgIpc) is 2.27. The van der Waals surface area contributed by atoms with E-state index in [0.29, 0.717) is 18.5 Å². The third-order valence-electron chi connectivity index (χ3n) is 2.82. The zero-order valence-corrected chi connectivity index (χ0v) is 11.7. The first kappa shape index (κ1) is 14.7. The highest BCUT2D eigenvalue weighted by Crippen LogP contribution is 2.16. The minimum absolute atomic E-state index is 0.312. The molecule has 102 valence electrons. The zero-order valence-electron chi connectivity index (χ0n) is 11.7. The second-order valence-electron chi connectivity index (χ2n) is 5.77. The molecule has 0 spiro atoms. The van der Waals surface area contributed by atoms with Crippen molar-refractivity contribution in [3.63, 3.8) is 0 Å². The molecule has 0 fully saturated rings. The number of nitrogens with zero attached hydrogens (tertiary/aromatic N) is 2. The molecular formula is C13H23N3O2. The smallest absolute Gasteiger partial charge is 0.315 e. The van der Waals surface area contributed by atoms with Crippen LogP contribution in [0, 0.1) is 5.41 Å². The normalized spacial score (nSPS) is 11.8. The summed E-state index contributed by atoms with van der Waals surface area (Å²) in [5.41, 5.74) is -0.628. The van der Waals surface area contributed by atoms with Gasteiger partial charge in [0.05, 0.1) is 0 Å². The first-order chi connectivity index (χ1) is 8.31. The fourth-order valence-electron chi connectivity index (χ4n) is 1.55. The van der Waals surface area contributed by atoms with Crippen LogP contribution in [0.25, 0.3) is 0 Å². The van der Waals surface area contributed by atoms with Gasteiger partial charge in [-0.1, -0.05) is 20.8 Å². The van der Waals surface area contributed by atoms with Gasteiger partial charge in [-0.15, -0.1) is 0 Å². The third kappa shape index (κ3) is 4.49. The third-order valence-corrected chi connectivity index (χ3v) is 2.82. The maximum Gasteiger partial charge on any atom is 0.316 e. The fourth-order valence-corrected chi connectivity index (χ4v) is 1.55. The molecule has 0 atom stereocenters. The summed E-state index contributed by atoms with van der Waals surface area (Å²) in [6.45, 7) is 8.73. The van der Waals surface area contributed by atoms with Crippen molar-refractivity contribution in [2.24, 2.45) is 12.5 Å². The molecule has 1 heterocycles. The van der Waals surface area contributed by atoms with Gasteiger partial charge in [-0.2, -0.15) is 0 Å². The van der Waals surface area contributed by atoms with Gasteiger partial charge in [0.1, 0.15) is 0 Å². The summed E-state index contributed by atoms with van der Waals surface area (Å²) in [4.78, 5) is 23.0. The van der Waals surface area contributed by atoms with Gasteiger partial charge in [0.15, 0.2) is 0 Å². The molecule has 0 aromatic carbocycles. The maximum atomic E-state index is 11.6. The van der Waals surface area contributed by atoms with E-state index in [9.17, 15) is 9.59 Å². The van der Waals surface area contributed by atoms with E-state index in [1.54, 1.807) is 19.4 Å². The summed E-state index contributed by atoms with van der Waals surface area (Å²) in [7, 11) is 1.58. The van der Waals surface area contributed by atoms with E-state index in [2.05, 4.69) is 26.1 Å². The predicted octanol–water partition coefficient (Wildman–Crippen LogP) is 0.573. The highest BCUT2D eigenvalue weighted by atomic mass is 16.2. The second kappa shape index (κ2) is 6.00. The van der Waals surface area contributed by atoms with Crippen molar-refractivity contribution in [1.82, 2.24) is 14.5 Å². The monoisotopic (exact) mass is 253 g/mol. The molecule has 5 heteroatoms. The van der Waals surface area contributed by atoms with E-state index >= 15 is 0 Å². The predicted molar refractivity (Wildman–Crippen MR) is 72.9 cm³/mol. The molecule has 0 saturated carbocycles. The molecule has 0 radical (unpaired) electrons. The Labute approximate surface area is 107 Å². The van der Waals surface area contributed by atoms with E-state index in [1.807, 2.05) is 0 Å². The second-order valence-corrected chi connectivity index (χ2v) is 5.77. The van der Waals surface area contributed by atoms with Crippen LogP contribution < -0.4 is 16.4 Å². The van der Waals surface area contributed by atoms with Gasteiger partial charge in [0, 0.05) is 32.5 Å². The van der Waals surface area contributed by atoms with Gasteiger partial charge in [-0.3, -0.25) is 9.59 Å². The minimum atomic E-state index is -0.479. The van der Waals surface area contributed by atoms with Crippen molar-refractivity contribution in [3.05, 3.63) is 33.1 Å². The van der Waals surface area contributed by atoms with Crippen molar-refractivity contribution >= 4 is 0 Å². The van der Waals surface area contributed by atoms with Crippen molar-refractivity contribution < 1.29 is 0 Å². The number of hydrogen-bond acceptors (Lipinski definition) is 3. The van der Waals surface area contributed by atoms with Crippen LogP contribution in [0.2, 0.25) is 0 Å². The summed E-state index contributed by atoms with van der Waals surface area (Å²) in [6.07, 6.45) is 4.34. The Hall–Kier alpha value is -1.36. The lowest BCUT2D eigenvalue weighted by molar-refractivity contribution is 0.365. The Kier molecular flexibility index (Phi) is 4.90. The largest absolute Gasteiger partial charge is 0.316 e.